The molecule has 1 saturated carbocycles. The van der Waals surface area contributed by atoms with Crippen molar-refractivity contribution in [2.75, 3.05) is 26.3 Å². The molecule has 3 nitrogen and oxygen atoms in total. The summed E-state index contributed by atoms with van der Waals surface area (Å²) in [6, 6.07) is 9.70. The van der Waals surface area contributed by atoms with Gasteiger partial charge in [-0.15, -0.1) is 0 Å². The number of hydrogen-bond acceptors (Lipinski definition) is 3. The highest BCUT2D eigenvalue weighted by Crippen LogP contribution is 2.49. The van der Waals surface area contributed by atoms with E-state index in [-0.39, 0.29) is 18.6 Å². The zero-order valence-corrected chi connectivity index (χ0v) is 19.2. The highest BCUT2D eigenvalue weighted by molar-refractivity contribution is 5.34. The van der Waals surface area contributed by atoms with Crippen molar-refractivity contribution in [1.82, 2.24) is 4.90 Å². The van der Waals surface area contributed by atoms with Crippen LogP contribution in [-0.2, 0) is 17.8 Å². The van der Waals surface area contributed by atoms with Crippen molar-refractivity contribution in [3.63, 3.8) is 0 Å². The Morgan fingerprint density at radius 1 is 0.886 bits per heavy atom. The summed E-state index contributed by atoms with van der Waals surface area (Å²) in [5.41, 5.74) is -0.989. The Bertz CT molecular complexity index is 967. The Labute approximate surface area is 200 Å². The molecule has 2 aromatic rings. The van der Waals surface area contributed by atoms with E-state index in [1.165, 1.54) is 12.1 Å². The number of ether oxygens (including phenoxy) is 1. The van der Waals surface area contributed by atoms with E-state index in [4.69, 9.17) is 4.74 Å². The third-order valence-electron chi connectivity index (χ3n) is 7.50. The Hall–Kier alpha value is -2.26. The summed E-state index contributed by atoms with van der Waals surface area (Å²) in [5, 5.41) is 10.4. The number of benzene rings is 2. The monoisotopic (exact) mass is 501 g/mol. The van der Waals surface area contributed by atoms with Crippen LogP contribution >= 0.6 is 0 Å². The summed E-state index contributed by atoms with van der Waals surface area (Å²) in [7, 11) is 0. The lowest BCUT2D eigenvalue weighted by atomic mass is 9.59. The van der Waals surface area contributed by atoms with Gasteiger partial charge >= 0.3 is 12.4 Å². The number of nitrogens with zero attached hydrogens (tertiary/aromatic N) is 1. The van der Waals surface area contributed by atoms with Crippen LogP contribution in [0.5, 0.6) is 5.75 Å². The van der Waals surface area contributed by atoms with Gasteiger partial charge in [-0.3, -0.25) is 4.90 Å². The van der Waals surface area contributed by atoms with E-state index in [0.717, 1.165) is 68.5 Å². The smallest absolute Gasteiger partial charge is 0.416 e. The molecule has 2 aliphatic rings. The fourth-order valence-electron chi connectivity index (χ4n) is 5.47. The molecule has 9 heteroatoms. The number of halogens is 6. The predicted octanol–water partition coefficient (Wildman–Crippen LogP) is 6.30. The zero-order valence-electron chi connectivity index (χ0n) is 19.2. The van der Waals surface area contributed by atoms with E-state index in [9.17, 15) is 31.4 Å². The van der Waals surface area contributed by atoms with E-state index in [1.54, 1.807) is 12.1 Å². The number of aliphatic hydroxyl groups is 1. The van der Waals surface area contributed by atoms with Crippen LogP contribution in [-0.4, -0.2) is 42.4 Å². The van der Waals surface area contributed by atoms with Gasteiger partial charge in [0.05, 0.1) is 24.3 Å². The highest BCUT2D eigenvalue weighted by atomic mass is 19.4. The second kappa shape index (κ2) is 10.0. The number of rotatable bonds is 7. The molecule has 0 aromatic heterocycles. The van der Waals surface area contributed by atoms with Gasteiger partial charge in [0.25, 0.3) is 0 Å². The average molecular weight is 502 g/mol. The molecule has 1 saturated heterocycles. The first-order valence-electron chi connectivity index (χ1n) is 11.9. The second-order valence-corrected chi connectivity index (χ2v) is 9.62. The molecule has 4 rings (SSSR count). The molecule has 0 spiro atoms. The number of hydrogen-bond donors (Lipinski definition) is 1. The molecule has 0 radical (unpaired) electrons. The minimum atomic E-state index is -4.40. The number of piperidine rings is 1. The standard InChI is InChI=1S/C26H29F6NO2/c27-25(28,29)20-6-4-19(5-7-20)24(12-2-13-24)23(16-34)33-14-1-3-18(15-33)17-35-22-10-8-21(9-11-22)26(30,31)32/h4-11,18,23,34H,1-3,12-17H2. The first-order valence-corrected chi connectivity index (χ1v) is 11.9. The lowest BCUT2D eigenvalue weighted by Gasteiger charge is -2.53. The second-order valence-electron chi connectivity index (χ2n) is 9.62. The predicted molar refractivity (Wildman–Crippen MR) is 119 cm³/mol. The third kappa shape index (κ3) is 5.61. The van der Waals surface area contributed by atoms with Gasteiger partial charge in [0.2, 0.25) is 0 Å². The molecule has 1 N–H and O–H groups in total. The van der Waals surface area contributed by atoms with Crippen LogP contribution in [0.2, 0.25) is 0 Å². The molecule has 1 aliphatic heterocycles. The summed E-state index contributed by atoms with van der Waals surface area (Å²) in [5.74, 6) is 0.499. The molecule has 2 fully saturated rings. The average Bonchev–Trinajstić information content (AvgIpc) is 2.79. The quantitative estimate of drug-likeness (QED) is 0.452. The van der Waals surface area contributed by atoms with Gasteiger partial charge in [-0.1, -0.05) is 18.6 Å². The van der Waals surface area contributed by atoms with E-state index in [2.05, 4.69) is 4.90 Å². The van der Waals surface area contributed by atoms with Gasteiger partial charge in [-0.2, -0.15) is 26.3 Å². The molecule has 0 amide bonds. The van der Waals surface area contributed by atoms with Crippen molar-refractivity contribution in [2.24, 2.45) is 5.92 Å². The van der Waals surface area contributed by atoms with Gasteiger partial charge in [0.15, 0.2) is 0 Å². The third-order valence-corrected chi connectivity index (χ3v) is 7.50. The zero-order chi connectivity index (χ0) is 25.3. The lowest BCUT2D eigenvalue weighted by Crippen LogP contribution is -2.58. The van der Waals surface area contributed by atoms with Gasteiger partial charge in [-0.25, -0.2) is 0 Å². The van der Waals surface area contributed by atoms with Crippen molar-refractivity contribution in [3.8, 4) is 5.75 Å². The van der Waals surface area contributed by atoms with E-state index in [1.807, 2.05) is 0 Å². The van der Waals surface area contributed by atoms with Crippen molar-refractivity contribution in [2.45, 2.75) is 55.9 Å². The van der Waals surface area contributed by atoms with Crippen molar-refractivity contribution in [1.29, 1.82) is 0 Å². The van der Waals surface area contributed by atoms with Crippen LogP contribution in [0, 0.1) is 5.92 Å². The Balaban J connectivity index is 1.42. The summed E-state index contributed by atoms with van der Waals surface area (Å²) in [6.07, 6.45) is -4.48. The number of alkyl halides is 6. The first kappa shape index (κ1) is 25.8. The first-order chi connectivity index (χ1) is 16.5. The van der Waals surface area contributed by atoms with Gasteiger partial charge < -0.3 is 9.84 Å². The maximum Gasteiger partial charge on any atom is 0.416 e. The summed E-state index contributed by atoms with van der Waals surface area (Å²) < 4.78 is 83.1. The van der Waals surface area contributed by atoms with Crippen LogP contribution in [0.4, 0.5) is 26.3 Å². The van der Waals surface area contributed by atoms with Gasteiger partial charge in [0.1, 0.15) is 5.75 Å². The minimum absolute atomic E-state index is 0.104. The molecule has 192 valence electrons. The largest absolute Gasteiger partial charge is 0.493 e. The van der Waals surface area contributed by atoms with Crippen molar-refractivity contribution < 1.29 is 36.2 Å². The van der Waals surface area contributed by atoms with E-state index >= 15 is 0 Å². The summed E-state index contributed by atoms with van der Waals surface area (Å²) in [4.78, 5) is 2.21. The Morgan fingerprint density at radius 3 is 1.94 bits per heavy atom. The lowest BCUT2D eigenvalue weighted by molar-refractivity contribution is -0.138. The maximum absolute atomic E-state index is 13.0. The van der Waals surface area contributed by atoms with Crippen LogP contribution in [0.25, 0.3) is 0 Å². The highest BCUT2D eigenvalue weighted by Gasteiger charge is 2.48. The van der Waals surface area contributed by atoms with Crippen molar-refractivity contribution >= 4 is 0 Å². The van der Waals surface area contributed by atoms with Crippen LogP contribution in [0.1, 0.15) is 48.8 Å². The van der Waals surface area contributed by atoms with Gasteiger partial charge in [-0.05, 0) is 74.2 Å². The normalized spacial score (nSPS) is 21.9. The Kier molecular flexibility index (Phi) is 7.38. The van der Waals surface area contributed by atoms with Crippen LogP contribution < -0.4 is 4.74 Å². The fourth-order valence-corrected chi connectivity index (χ4v) is 5.47. The molecule has 1 heterocycles. The van der Waals surface area contributed by atoms with Crippen molar-refractivity contribution in [3.05, 3.63) is 65.2 Å². The minimum Gasteiger partial charge on any atom is -0.493 e. The SMILES string of the molecule is OCC(N1CCCC(COc2ccc(C(F)(F)F)cc2)C1)C1(c2ccc(C(F)(F)F)cc2)CCC1. The molecule has 35 heavy (non-hydrogen) atoms. The van der Waals surface area contributed by atoms with Crippen LogP contribution in [0.3, 0.4) is 0 Å². The number of likely N-dealkylation sites (tertiary alicyclic amines) is 1. The molecule has 1 aliphatic carbocycles. The van der Waals surface area contributed by atoms with Gasteiger partial charge in [0, 0.05) is 23.9 Å². The van der Waals surface area contributed by atoms with E-state index in [0.29, 0.717) is 18.9 Å². The number of aliphatic hydroxyl groups excluding tert-OH is 1. The summed E-state index contributed by atoms with van der Waals surface area (Å²) in [6.45, 7) is 1.65. The van der Waals surface area contributed by atoms with E-state index < -0.39 is 28.9 Å². The molecule has 2 unspecified atom stereocenters. The maximum atomic E-state index is 13.0. The molecule has 0 bridgehead atoms. The van der Waals surface area contributed by atoms with Crippen LogP contribution in [0.15, 0.2) is 48.5 Å². The topological polar surface area (TPSA) is 32.7 Å². The molecular formula is C26H29F6NO2. The molecule has 2 aromatic carbocycles. The fraction of sp³-hybridized carbons (Fsp3) is 0.538. The molecule has 2 atom stereocenters. The molecular weight excluding hydrogens is 472 g/mol. The summed E-state index contributed by atoms with van der Waals surface area (Å²) >= 11 is 0. The Morgan fingerprint density at radius 2 is 1.46 bits per heavy atom.